The fourth-order valence-corrected chi connectivity index (χ4v) is 1.51. The first-order valence-electron chi connectivity index (χ1n) is 4.22. The lowest BCUT2D eigenvalue weighted by Crippen LogP contribution is -2.32. The van der Waals surface area contributed by atoms with Crippen LogP contribution >= 0.6 is 11.8 Å². The topological polar surface area (TPSA) is 66.4 Å². The lowest BCUT2D eigenvalue weighted by molar-refractivity contribution is -0.134. The van der Waals surface area contributed by atoms with E-state index in [1.807, 2.05) is 6.92 Å². The highest BCUT2D eigenvalue weighted by molar-refractivity contribution is 8.00. The van der Waals surface area contributed by atoms with Crippen molar-refractivity contribution < 1.29 is 14.7 Å². The molecule has 0 aliphatic rings. The number of carboxylic acid groups (broad SMARTS) is 1. The maximum atomic E-state index is 11.0. The van der Waals surface area contributed by atoms with Gasteiger partial charge >= 0.3 is 5.97 Å². The van der Waals surface area contributed by atoms with Gasteiger partial charge in [0.2, 0.25) is 5.91 Å². The molecular weight excluding hydrogens is 190 g/mol. The van der Waals surface area contributed by atoms with Gasteiger partial charge in [-0.2, -0.15) is 0 Å². The fraction of sp³-hybridized carbons (Fsp3) is 0.750. The Kier molecular flexibility index (Phi) is 6.40. The Morgan fingerprint density at radius 2 is 2.08 bits per heavy atom. The van der Waals surface area contributed by atoms with Crippen LogP contribution < -0.4 is 5.32 Å². The molecule has 1 atom stereocenters. The maximum Gasteiger partial charge on any atom is 0.313 e. The quantitative estimate of drug-likeness (QED) is 0.636. The number of thioether (sulfide) groups is 1. The largest absolute Gasteiger partial charge is 0.481 e. The van der Waals surface area contributed by atoms with Crippen LogP contribution in [0.2, 0.25) is 0 Å². The van der Waals surface area contributed by atoms with Gasteiger partial charge < -0.3 is 10.4 Å². The average molecular weight is 205 g/mol. The molecule has 5 heteroatoms. The summed E-state index contributed by atoms with van der Waals surface area (Å²) in [6, 6.07) is 0. The van der Waals surface area contributed by atoms with Crippen LogP contribution in [0.15, 0.2) is 0 Å². The third kappa shape index (κ3) is 6.45. The summed E-state index contributed by atoms with van der Waals surface area (Å²) in [5, 5.41) is 11.1. The highest BCUT2D eigenvalue weighted by Crippen LogP contribution is 2.11. The number of hydrogen-bond donors (Lipinski definition) is 2. The van der Waals surface area contributed by atoms with Crippen LogP contribution in [0.1, 0.15) is 26.7 Å². The molecule has 0 rings (SSSR count). The van der Waals surface area contributed by atoms with Gasteiger partial charge in [-0.05, 0) is 6.42 Å². The number of carbonyl (C=O) groups excluding carboxylic acids is 1. The number of amides is 1. The molecule has 0 aliphatic carbocycles. The number of carbonyl (C=O) groups is 2. The first-order chi connectivity index (χ1) is 6.10. The molecule has 0 saturated carbocycles. The van der Waals surface area contributed by atoms with Crippen LogP contribution in [0.25, 0.3) is 0 Å². The molecular formula is C8H15NO3S. The van der Waals surface area contributed by atoms with E-state index in [0.29, 0.717) is 6.42 Å². The Morgan fingerprint density at radius 3 is 2.46 bits per heavy atom. The van der Waals surface area contributed by atoms with Gasteiger partial charge in [0.1, 0.15) is 0 Å². The van der Waals surface area contributed by atoms with Crippen LogP contribution in [0, 0.1) is 0 Å². The monoisotopic (exact) mass is 205 g/mol. The standard InChI is InChI=1S/C8H15NO3S/c1-3-6(10)9-7(4-2)13-5-8(11)12/h7H,3-5H2,1-2H3,(H,9,10)(H,11,12). The highest BCUT2D eigenvalue weighted by atomic mass is 32.2. The second-order valence-electron chi connectivity index (χ2n) is 2.52. The van der Waals surface area contributed by atoms with E-state index in [1.165, 1.54) is 11.8 Å². The SMILES string of the molecule is CCC(=O)NC(CC)SCC(=O)O. The number of rotatable bonds is 6. The zero-order chi connectivity index (χ0) is 10.3. The highest BCUT2D eigenvalue weighted by Gasteiger charge is 2.10. The summed E-state index contributed by atoms with van der Waals surface area (Å²) < 4.78 is 0. The minimum atomic E-state index is -0.853. The Hall–Kier alpha value is -0.710. The predicted octanol–water partition coefficient (Wildman–Crippen LogP) is 1.07. The molecule has 0 aromatic rings. The molecule has 2 N–H and O–H groups in total. The van der Waals surface area contributed by atoms with E-state index in [2.05, 4.69) is 5.32 Å². The molecule has 0 radical (unpaired) electrons. The molecule has 0 bridgehead atoms. The Labute approximate surface area is 82.1 Å². The number of aliphatic carboxylic acids is 1. The van der Waals surface area contributed by atoms with Crippen molar-refractivity contribution in [1.82, 2.24) is 5.32 Å². The van der Waals surface area contributed by atoms with Gasteiger partial charge in [0.15, 0.2) is 0 Å². The van der Waals surface area contributed by atoms with E-state index in [4.69, 9.17) is 5.11 Å². The summed E-state index contributed by atoms with van der Waals surface area (Å²) in [6.45, 7) is 3.68. The van der Waals surface area contributed by atoms with Crippen molar-refractivity contribution in [2.75, 3.05) is 5.75 Å². The molecule has 0 saturated heterocycles. The second kappa shape index (κ2) is 6.77. The van der Waals surface area contributed by atoms with Crippen LogP contribution in [0.5, 0.6) is 0 Å². The van der Waals surface area contributed by atoms with Gasteiger partial charge in [-0.3, -0.25) is 9.59 Å². The molecule has 0 fully saturated rings. The molecule has 0 aliphatic heterocycles. The Morgan fingerprint density at radius 1 is 1.46 bits per heavy atom. The van der Waals surface area contributed by atoms with Crippen molar-refractivity contribution in [1.29, 1.82) is 0 Å². The molecule has 76 valence electrons. The first kappa shape index (κ1) is 12.3. The van der Waals surface area contributed by atoms with Crippen LogP contribution in [0.3, 0.4) is 0 Å². The van der Waals surface area contributed by atoms with Crippen molar-refractivity contribution >= 4 is 23.6 Å². The summed E-state index contributed by atoms with van der Waals surface area (Å²) in [4.78, 5) is 21.2. The molecule has 0 aromatic carbocycles. The van der Waals surface area contributed by atoms with Crippen molar-refractivity contribution in [3.8, 4) is 0 Å². The third-order valence-corrected chi connectivity index (χ3v) is 2.69. The second-order valence-corrected chi connectivity index (χ2v) is 3.71. The maximum absolute atomic E-state index is 11.0. The van der Waals surface area contributed by atoms with Crippen LogP contribution in [-0.4, -0.2) is 28.1 Å². The van der Waals surface area contributed by atoms with Gasteiger partial charge in [0.05, 0.1) is 11.1 Å². The lowest BCUT2D eigenvalue weighted by atomic mass is 10.4. The Balaban J connectivity index is 3.75. The van der Waals surface area contributed by atoms with Gasteiger partial charge in [0, 0.05) is 6.42 Å². The smallest absolute Gasteiger partial charge is 0.313 e. The zero-order valence-corrected chi connectivity index (χ0v) is 8.69. The van der Waals surface area contributed by atoms with E-state index in [-0.39, 0.29) is 17.0 Å². The average Bonchev–Trinajstić information content (AvgIpc) is 2.11. The van der Waals surface area contributed by atoms with Gasteiger partial charge in [0.25, 0.3) is 0 Å². The minimum Gasteiger partial charge on any atom is -0.481 e. The van der Waals surface area contributed by atoms with E-state index < -0.39 is 5.97 Å². The summed E-state index contributed by atoms with van der Waals surface area (Å²) in [5.74, 6) is -0.860. The molecule has 13 heavy (non-hydrogen) atoms. The minimum absolute atomic E-state index is 0.0303. The van der Waals surface area contributed by atoms with Gasteiger partial charge in [-0.15, -0.1) is 11.8 Å². The summed E-state index contributed by atoms with van der Waals surface area (Å²) in [6.07, 6.45) is 1.17. The van der Waals surface area contributed by atoms with Crippen LogP contribution in [-0.2, 0) is 9.59 Å². The molecule has 0 spiro atoms. The Bertz CT molecular complexity index is 184. The molecule has 1 amide bonds. The molecule has 0 aromatic heterocycles. The number of nitrogens with one attached hydrogen (secondary N) is 1. The van der Waals surface area contributed by atoms with Crippen molar-refractivity contribution in [2.24, 2.45) is 0 Å². The summed E-state index contributed by atoms with van der Waals surface area (Å²) in [7, 11) is 0. The van der Waals surface area contributed by atoms with E-state index in [9.17, 15) is 9.59 Å². The lowest BCUT2D eigenvalue weighted by Gasteiger charge is -2.14. The fourth-order valence-electron chi connectivity index (χ4n) is 0.715. The summed E-state index contributed by atoms with van der Waals surface area (Å²) in [5.41, 5.74) is 0. The van der Waals surface area contributed by atoms with Crippen LogP contribution in [0.4, 0.5) is 0 Å². The van der Waals surface area contributed by atoms with E-state index in [1.54, 1.807) is 6.92 Å². The normalized spacial score (nSPS) is 12.2. The number of carboxylic acids is 1. The van der Waals surface area contributed by atoms with E-state index >= 15 is 0 Å². The van der Waals surface area contributed by atoms with Gasteiger partial charge in [-0.25, -0.2) is 0 Å². The molecule has 0 heterocycles. The molecule has 4 nitrogen and oxygen atoms in total. The molecule has 1 unspecified atom stereocenters. The zero-order valence-electron chi connectivity index (χ0n) is 7.87. The number of hydrogen-bond acceptors (Lipinski definition) is 3. The van der Waals surface area contributed by atoms with Crippen molar-refractivity contribution in [3.63, 3.8) is 0 Å². The van der Waals surface area contributed by atoms with Gasteiger partial charge in [-0.1, -0.05) is 13.8 Å². The third-order valence-electron chi connectivity index (χ3n) is 1.42. The first-order valence-corrected chi connectivity index (χ1v) is 5.27. The van der Waals surface area contributed by atoms with E-state index in [0.717, 1.165) is 6.42 Å². The van der Waals surface area contributed by atoms with Crippen molar-refractivity contribution in [3.05, 3.63) is 0 Å². The summed E-state index contributed by atoms with van der Waals surface area (Å²) >= 11 is 1.24. The van der Waals surface area contributed by atoms with Crippen molar-refractivity contribution in [2.45, 2.75) is 32.1 Å². The predicted molar refractivity (Wildman–Crippen MR) is 52.6 cm³/mol.